The summed E-state index contributed by atoms with van der Waals surface area (Å²) in [7, 11) is 0. The van der Waals surface area contributed by atoms with E-state index in [0.717, 1.165) is 21.9 Å². The van der Waals surface area contributed by atoms with Crippen molar-refractivity contribution in [2.45, 2.75) is 26.5 Å². The molecule has 0 fully saturated rings. The Kier molecular flexibility index (Phi) is 5.85. The molecule has 4 rings (SSSR count). The van der Waals surface area contributed by atoms with Gasteiger partial charge in [-0.3, -0.25) is 4.79 Å². The van der Waals surface area contributed by atoms with E-state index in [-0.39, 0.29) is 12.0 Å². The molecule has 2 aromatic heterocycles. The maximum Gasteiger partial charge on any atom is 0.275 e. The van der Waals surface area contributed by atoms with Gasteiger partial charge in [0.05, 0.1) is 12.6 Å². The average molecular weight is 420 g/mol. The lowest BCUT2D eigenvalue weighted by Crippen LogP contribution is -2.12. The van der Waals surface area contributed by atoms with E-state index in [9.17, 15) is 4.79 Å². The number of ether oxygens (including phenoxy) is 1. The van der Waals surface area contributed by atoms with Crippen LogP contribution in [0.3, 0.4) is 0 Å². The summed E-state index contributed by atoms with van der Waals surface area (Å²) in [5.74, 6) is 0.573. The maximum absolute atomic E-state index is 12.6. The van der Waals surface area contributed by atoms with Crippen LogP contribution in [-0.4, -0.2) is 31.8 Å². The number of nitrogens with one attached hydrogen (secondary N) is 1. The van der Waals surface area contributed by atoms with Crippen LogP contribution >= 0.6 is 11.3 Å². The molecule has 30 heavy (non-hydrogen) atoms. The van der Waals surface area contributed by atoms with Gasteiger partial charge in [-0.05, 0) is 55.8 Å². The molecule has 0 spiro atoms. The first-order chi connectivity index (χ1) is 14.6. The number of carbonyl (C=O) groups is 1. The van der Waals surface area contributed by atoms with Crippen molar-refractivity contribution in [3.63, 3.8) is 0 Å². The van der Waals surface area contributed by atoms with Gasteiger partial charge in [-0.2, -0.15) is 5.10 Å². The first kappa shape index (κ1) is 19.8. The van der Waals surface area contributed by atoms with E-state index < -0.39 is 0 Å². The highest BCUT2D eigenvalue weighted by Gasteiger charge is 2.13. The van der Waals surface area contributed by atoms with Gasteiger partial charge < -0.3 is 10.1 Å². The van der Waals surface area contributed by atoms with Crippen molar-refractivity contribution in [1.82, 2.24) is 19.7 Å². The first-order valence-corrected chi connectivity index (χ1v) is 10.4. The third kappa shape index (κ3) is 4.90. The molecule has 2 heterocycles. The van der Waals surface area contributed by atoms with Gasteiger partial charge in [-0.1, -0.05) is 12.1 Å². The molecular weight excluding hydrogens is 398 g/mol. The summed E-state index contributed by atoms with van der Waals surface area (Å²) in [4.78, 5) is 21.1. The third-order valence-electron chi connectivity index (χ3n) is 4.21. The van der Waals surface area contributed by atoms with E-state index in [1.165, 1.54) is 17.7 Å². The summed E-state index contributed by atoms with van der Waals surface area (Å²) in [6.45, 7) is 4.56. The monoisotopic (exact) mass is 419 g/mol. The Morgan fingerprint density at radius 3 is 2.77 bits per heavy atom. The summed E-state index contributed by atoms with van der Waals surface area (Å²) in [6, 6.07) is 15.4. The Bertz CT molecular complexity index is 1120. The molecule has 0 aliphatic heterocycles. The van der Waals surface area contributed by atoms with Crippen LogP contribution in [0.2, 0.25) is 0 Å². The molecule has 2 aromatic carbocycles. The normalized spacial score (nSPS) is 10.9. The van der Waals surface area contributed by atoms with Gasteiger partial charge in [0.2, 0.25) is 0 Å². The standard InChI is InChI=1S/C22H21N5O2S/c1-15(2)29-19-8-6-17(7-9-19)22-26-20(12-30-22)21(28)25-18-5-3-4-16(10-18)11-27-14-23-13-24-27/h3-10,12-15H,11H2,1-2H3,(H,25,28). The van der Waals surface area contributed by atoms with Gasteiger partial charge >= 0.3 is 0 Å². The summed E-state index contributed by atoms with van der Waals surface area (Å²) < 4.78 is 7.39. The Labute approximate surface area is 178 Å². The fraction of sp³-hybridized carbons (Fsp3) is 0.182. The van der Waals surface area contributed by atoms with E-state index in [0.29, 0.717) is 17.9 Å². The zero-order chi connectivity index (χ0) is 20.9. The molecule has 0 saturated carbocycles. The average Bonchev–Trinajstić information content (AvgIpc) is 3.41. The highest BCUT2D eigenvalue weighted by molar-refractivity contribution is 7.13. The van der Waals surface area contributed by atoms with Gasteiger partial charge in [0, 0.05) is 16.6 Å². The lowest BCUT2D eigenvalue weighted by molar-refractivity contribution is 0.102. The number of thiazole rings is 1. The number of aromatic nitrogens is 4. The second-order valence-electron chi connectivity index (χ2n) is 6.98. The number of anilines is 1. The number of amides is 1. The number of carbonyl (C=O) groups excluding carboxylic acids is 1. The van der Waals surface area contributed by atoms with Gasteiger partial charge in [0.1, 0.15) is 29.1 Å². The minimum atomic E-state index is -0.241. The Balaban J connectivity index is 1.43. The van der Waals surface area contributed by atoms with Crippen LogP contribution in [-0.2, 0) is 6.54 Å². The van der Waals surface area contributed by atoms with Crippen LogP contribution in [0.4, 0.5) is 5.69 Å². The van der Waals surface area contributed by atoms with Crippen molar-refractivity contribution in [2.24, 2.45) is 0 Å². The molecule has 0 saturated heterocycles. The molecule has 0 unspecified atom stereocenters. The maximum atomic E-state index is 12.6. The zero-order valence-corrected chi connectivity index (χ0v) is 17.5. The second kappa shape index (κ2) is 8.87. The fourth-order valence-corrected chi connectivity index (χ4v) is 3.71. The van der Waals surface area contributed by atoms with Crippen molar-refractivity contribution < 1.29 is 9.53 Å². The second-order valence-corrected chi connectivity index (χ2v) is 7.83. The molecule has 0 atom stereocenters. The highest BCUT2D eigenvalue weighted by Crippen LogP contribution is 2.26. The number of rotatable bonds is 7. The fourth-order valence-electron chi connectivity index (χ4n) is 2.90. The van der Waals surface area contributed by atoms with Crippen LogP contribution < -0.4 is 10.1 Å². The lowest BCUT2D eigenvalue weighted by atomic mass is 10.2. The van der Waals surface area contributed by atoms with E-state index in [1.807, 2.05) is 62.4 Å². The molecule has 7 nitrogen and oxygen atoms in total. The third-order valence-corrected chi connectivity index (χ3v) is 5.10. The predicted octanol–water partition coefficient (Wildman–Crippen LogP) is 4.49. The largest absolute Gasteiger partial charge is 0.491 e. The molecule has 8 heteroatoms. The van der Waals surface area contributed by atoms with Crippen molar-refractivity contribution in [1.29, 1.82) is 0 Å². The zero-order valence-electron chi connectivity index (χ0n) is 16.6. The van der Waals surface area contributed by atoms with Crippen molar-refractivity contribution >= 4 is 22.9 Å². The summed E-state index contributed by atoms with van der Waals surface area (Å²) in [5.41, 5.74) is 3.06. The Hall–Kier alpha value is -3.52. The highest BCUT2D eigenvalue weighted by atomic mass is 32.1. The molecule has 0 aliphatic rings. The van der Waals surface area contributed by atoms with Crippen LogP contribution in [0.25, 0.3) is 10.6 Å². The number of nitrogens with zero attached hydrogens (tertiary/aromatic N) is 4. The van der Waals surface area contributed by atoms with Gasteiger partial charge in [0.15, 0.2) is 0 Å². The van der Waals surface area contributed by atoms with E-state index in [4.69, 9.17) is 4.74 Å². The lowest BCUT2D eigenvalue weighted by Gasteiger charge is -2.09. The van der Waals surface area contributed by atoms with Crippen molar-refractivity contribution in [2.75, 3.05) is 5.32 Å². The quantitative estimate of drug-likeness (QED) is 0.477. The van der Waals surface area contributed by atoms with Crippen LogP contribution in [0.5, 0.6) is 5.75 Å². The molecule has 0 bridgehead atoms. The van der Waals surface area contributed by atoms with Crippen molar-refractivity contribution in [3.05, 3.63) is 77.8 Å². The van der Waals surface area contributed by atoms with Crippen LogP contribution in [0.15, 0.2) is 66.6 Å². The Morgan fingerprint density at radius 1 is 1.20 bits per heavy atom. The van der Waals surface area contributed by atoms with E-state index in [2.05, 4.69) is 20.4 Å². The van der Waals surface area contributed by atoms with E-state index >= 15 is 0 Å². The molecule has 1 N–H and O–H groups in total. The van der Waals surface area contributed by atoms with Crippen LogP contribution in [0, 0.1) is 0 Å². The summed E-state index contributed by atoms with van der Waals surface area (Å²) >= 11 is 1.44. The van der Waals surface area contributed by atoms with Crippen LogP contribution in [0.1, 0.15) is 29.9 Å². The Morgan fingerprint density at radius 2 is 2.03 bits per heavy atom. The minimum absolute atomic E-state index is 0.126. The molecule has 0 radical (unpaired) electrons. The van der Waals surface area contributed by atoms with Gasteiger partial charge in [-0.15, -0.1) is 11.3 Å². The molecule has 0 aliphatic carbocycles. The number of benzene rings is 2. The van der Waals surface area contributed by atoms with Crippen molar-refractivity contribution in [3.8, 4) is 16.3 Å². The molecule has 4 aromatic rings. The molecular formula is C22H21N5O2S. The van der Waals surface area contributed by atoms with Gasteiger partial charge in [0.25, 0.3) is 5.91 Å². The predicted molar refractivity (Wildman–Crippen MR) is 117 cm³/mol. The molecule has 1 amide bonds. The number of hydrogen-bond acceptors (Lipinski definition) is 6. The van der Waals surface area contributed by atoms with Gasteiger partial charge in [-0.25, -0.2) is 14.6 Å². The summed E-state index contributed by atoms with van der Waals surface area (Å²) in [6.07, 6.45) is 3.28. The first-order valence-electron chi connectivity index (χ1n) is 9.52. The minimum Gasteiger partial charge on any atom is -0.491 e. The van der Waals surface area contributed by atoms with E-state index in [1.54, 1.807) is 16.4 Å². The summed E-state index contributed by atoms with van der Waals surface area (Å²) in [5, 5.41) is 9.57. The SMILES string of the molecule is CC(C)Oc1ccc(-c2nc(C(=O)Nc3cccc(Cn4cncn4)c3)cs2)cc1. The smallest absolute Gasteiger partial charge is 0.275 e. The number of hydrogen-bond donors (Lipinski definition) is 1. The topological polar surface area (TPSA) is 81.9 Å². The molecule has 152 valence electrons.